The fraction of sp³-hybridized carbons (Fsp3) is 0.143. The molecule has 5 rings (SSSR count). The molecule has 0 saturated carbocycles. The molecule has 0 unspecified atom stereocenters. The second-order valence-electron chi connectivity index (χ2n) is 6.71. The third-order valence-corrected chi connectivity index (χ3v) is 7.72. The number of ether oxygens (including phenoxy) is 1. The molecular weight excluding hydrogens is 406 g/mol. The molecule has 3 heterocycles. The average molecular weight is 424 g/mol. The smallest absolute Gasteiger partial charge is 0.206 e. The van der Waals surface area contributed by atoms with Gasteiger partial charge in [-0.05, 0) is 50.2 Å². The number of nitrogens with one attached hydrogen (secondary N) is 1. The van der Waals surface area contributed by atoms with Crippen molar-refractivity contribution in [2.24, 2.45) is 0 Å². The largest absolute Gasteiger partial charge is 0.492 e. The minimum Gasteiger partial charge on any atom is -0.492 e. The van der Waals surface area contributed by atoms with Gasteiger partial charge < -0.3 is 10.1 Å². The third kappa shape index (κ3) is 2.79. The lowest BCUT2D eigenvalue weighted by atomic mass is 10.1. The van der Waals surface area contributed by atoms with Gasteiger partial charge in [0.2, 0.25) is 9.84 Å². The molecule has 0 bridgehead atoms. The zero-order chi connectivity index (χ0) is 20.2. The maximum Gasteiger partial charge on any atom is 0.206 e. The molecule has 0 aliphatic carbocycles. The highest BCUT2D eigenvalue weighted by Crippen LogP contribution is 2.42. The summed E-state index contributed by atoms with van der Waals surface area (Å²) in [6, 6.07) is 11.3. The van der Waals surface area contributed by atoms with E-state index in [0.717, 1.165) is 27.0 Å². The first-order valence-electron chi connectivity index (χ1n) is 9.11. The number of fused-ring (bicyclic) bond motifs is 3. The van der Waals surface area contributed by atoms with Crippen LogP contribution in [0, 0.1) is 0 Å². The number of anilines is 2. The number of pyridine rings is 1. The van der Waals surface area contributed by atoms with Crippen LogP contribution in [0.3, 0.4) is 0 Å². The van der Waals surface area contributed by atoms with Gasteiger partial charge in [-0.2, -0.15) is 0 Å². The lowest BCUT2D eigenvalue weighted by Crippen LogP contribution is -1.99. The summed E-state index contributed by atoms with van der Waals surface area (Å²) >= 11 is 1.59. The first-order valence-corrected chi connectivity index (χ1v) is 11.5. The lowest BCUT2D eigenvalue weighted by Gasteiger charge is -2.12. The van der Waals surface area contributed by atoms with E-state index in [1.54, 1.807) is 36.6 Å². The number of hydrogen-bond acceptors (Lipinski definition) is 7. The first kappa shape index (κ1) is 18.1. The Kier molecular flexibility index (Phi) is 4.07. The Bertz CT molecular complexity index is 1420. The van der Waals surface area contributed by atoms with Gasteiger partial charge in [-0.25, -0.2) is 13.4 Å². The van der Waals surface area contributed by atoms with Crippen molar-refractivity contribution in [1.29, 1.82) is 0 Å². The highest BCUT2D eigenvalue weighted by Gasteiger charge is 2.35. The predicted octanol–water partition coefficient (Wildman–Crippen LogP) is 5.10. The number of sulfone groups is 1. The molecule has 0 amide bonds. The Hall–Kier alpha value is -2.97. The lowest BCUT2D eigenvalue weighted by molar-refractivity contribution is 0.297. The molecule has 4 aromatic rings. The van der Waals surface area contributed by atoms with Crippen LogP contribution in [0.25, 0.3) is 26.9 Å². The Morgan fingerprint density at radius 1 is 1.10 bits per heavy atom. The Morgan fingerprint density at radius 2 is 1.97 bits per heavy atom. The van der Waals surface area contributed by atoms with Crippen LogP contribution in [0.5, 0.6) is 0 Å². The summed E-state index contributed by atoms with van der Waals surface area (Å²) in [5.41, 5.74) is 5.67. The first-order chi connectivity index (χ1) is 14.0. The number of aromatic nitrogens is 2. The summed E-state index contributed by atoms with van der Waals surface area (Å²) in [4.78, 5) is 9.30. The summed E-state index contributed by atoms with van der Waals surface area (Å²) in [6.07, 6.45) is 1.71. The second kappa shape index (κ2) is 6.53. The van der Waals surface area contributed by atoms with Crippen LogP contribution in [0.2, 0.25) is 0 Å². The molecule has 0 saturated heterocycles. The van der Waals surface area contributed by atoms with E-state index in [-0.39, 0.29) is 9.80 Å². The molecule has 0 spiro atoms. The molecule has 2 aromatic carbocycles. The Labute approximate surface area is 171 Å². The van der Waals surface area contributed by atoms with Gasteiger partial charge in [0.05, 0.1) is 37.7 Å². The molecule has 6 nitrogen and oxygen atoms in total. The van der Waals surface area contributed by atoms with E-state index in [4.69, 9.17) is 4.74 Å². The van der Waals surface area contributed by atoms with Crippen LogP contribution in [-0.4, -0.2) is 25.0 Å². The average Bonchev–Trinajstić information content (AvgIpc) is 3.24. The molecule has 1 N–H and O–H groups in total. The van der Waals surface area contributed by atoms with Gasteiger partial charge in [0.25, 0.3) is 0 Å². The topological polar surface area (TPSA) is 81.2 Å². The molecule has 1 aliphatic rings. The van der Waals surface area contributed by atoms with Crippen molar-refractivity contribution in [3.05, 3.63) is 58.6 Å². The van der Waals surface area contributed by atoms with E-state index >= 15 is 0 Å². The molecule has 1 aliphatic heterocycles. The summed E-state index contributed by atoms with van der Waals surface area (Å²) < 4.78 is 32.6. The van der Waals surface area contributed by atoms with Crippen LogP contribution in [0.4, 0.5) is 11.4 Å². The molecule has 0 atom stereocenters. The number of benzene rings is 2. The fourth-order valence-corrected chi connectivity index (χ4v) is 5.69. The van der Waals surface area contributed by atoms with Crippen LogP contribution >= 0.6 is 11.3 Å². The van der Waals surface area contributed by atoms with E-state index < -0.39 is 9.84 Å². The molecule has 29 heavy (non-hydrogen) atoms. The summed E-state index contributed by atoms with van der Waals surface area (Å²) in [5.74, 6) is 0.415. The van der Waals surface area contributed by atoms with Gasteiger partial charge in [-0.3, -0.25) is 4.98 Å². The number of allylic oxidation sites excluding steroid dienone is 1. The van der Waals surface area contributed by atoms with Gasteiger partial charge >= 0.3 is 0 Å². The van der Waals surface area contributed by atoms with E-state index in [0.29, 0.717) is 23.4 Å². The van der Waals surface area contributed by atoms with Crippen molar-refractivity contribution in [3.8, 4) is 0 Å². The van der Waals surface area contributed by atoms with Crippen molar-refractivity contribution in [1.82, 2.24) is 9.97 Å². The minimum absolute atomic E-state index is 0.244. The third-order valence-electron chi connectivity index (χ3n) is 5.00. The van der Waals surface area contributed by atoms with Crippen molar-refractivity contribution in [2.75, 3.05) is 11.9 Å². The maximum atomic E-state index is 12.9. The van der Waals surface area contributed by atoms with Gasteiger partial charge in [-0.15, -0.1) is 11.3 Å². The maximum absolute atomic E-state index is 12.9. The SMILES string of the molecule is CCOC1=C(C)S(=O)(=O)c2cc3c(Nc4ccc5scnc5c4)ccnc3cc21. The van der Waals surface area contributed by atoms with Crippen LogP contribution in [0.1, 0.15) is 19.4 Å². The normalized spacial score (nSPS) is 15.1. The van der Waals surface area contributed by atoms with E-state index in [1.807, 2.05) is 36.7 Å². The van der Waals surface area contributed by atoms with Gasteiger partial charge in [0.15, 0.2) is 0 Å². The van der Waals surface area contributed by atoms with E-state index in [2.05, 4.69) is 15.3 Å². The molecule has 2 aromatic heterocycles. The highest BCUT2D eigenvalue weighted by molar-refractivity contribution is 7.95. The second-order valence-corrected chi connectivity index (χ2v) is 9.65. The number of thiazole rings is 1. The highest BCUT2D eigenvalue weighted by atomic mass is 32.2. The van der Waals surface area contributed by atoms with Gasteiger partial charge in [0, 0.05) is 28.5 Å². The number of rotatable bonds is 4. The van der Waals surface area contributed by atoms with Crippen molar-refractivity contribution in [2.45, 2.75) is 18.7 Å². The number of hydrogen-bond donors (Lipinski definition) is 1. The monoisotopic (exact) mass is 423 g/mol. The van der Waals surface area contributed by atoms with Crippen molar-refractivity contribution >= 4 is 59.4 Å². The van der Waals surface area contributed by atoms with Crippen molar-refractivity contribution in [3.63, 3.8) is 0 Å². The molecule has 0 radical (unpaired) electrons. The van der Waals surface area contributed by atoms with Crippen LogP contribution in [-0.2, 0) is 14.6 Å². The predicted molar refractivity (Wildman–Crippen MR) is 116 cm³/mol. The van der Waals surface area contributed by atoms with Gasteiger partial charge in [0.1, 0.15) is 5.76 Å². The Balaban J connectivity index is 1.65. The van der Waals surface area contributed by atoms with E-state index in [9.17, 15) is 8.42 Å². The van der Waals surface area contributed by atoms with E-state index in [1.165, 1.54) is 0 Å². The minimum atomic E-state index is -3.57. The molecule has 0 fully saturated rings. The molecule has 8 heteroatoms. The summed E-state index contributed by atoms with van der Waals surface area (Å²) in [5, 5.41) is 4.11. The fourth-order valence-electron chi connectivity index (χ4n) is 3.57. The number of nitrogens with zero attached hydrogens (tertiary/aromatic N) is 2. The quantitative estimate of drug-likeness (QED) is 0.492. The van der Waals surface area contributed by atoms with Crippen LogP contribution < -0.4 is 5.32 Å². The van der Waals surface area contributed by atoms with Crippen LogP contribution in [0.15, 0.2) is 57.9 Å². The summed E-state index contributed by atoms with van der Waals surface area (Å²) in [6.45, 7) is 3.82. The zero-order valence-electron chi connectivity index (χ0n) is 15.8. The standard InChI is InChI=1S/C21H17N3O3S2/c1-3-27-21-12(2)29(25,26)20-10-14-16(6-7-22-17(14)9-15(20)21)24-13-4-5-19-18(8-13)23-11-28-19/h4-11H,3H2,1-2H3,(H,22,24). The molecular formula is C21H17N3O3S2. The zero-order valence-corrected chi connectivity index (χ0v) is 17.4. The molecule has 146 valence electrons. The van der Waals surface area contributed by atoms with Gasteiger partial charge in [-0.1, -0.05) is 0 Å². The summed E-state index contributed by atoms with van der Waals surface area (Å²) in [7, 11) is -3.57. The van der Waals surface area contributed by atoms with Crippen molar-refractivity contribution < 1.29 is 13.2 Å². The Morgan fingerprint density at radius 3 is 2.79 bits per heavy atom.